The van der Waals surface area contributed by atoms with Gasteiger partial charge in [-0.05, 0) is 35.9 Å². The summed E-state index contributed by atoms with van der Waals surface area (Å²) in [7, 11) is -2.84. The predicted molar refractivity (Wildman–Crippen MR) is 119 cm³/mol. The van der Waals surface area contributed by atoms with Gasteiger partial charge in [-0.15, -0.1) is 0 Å². The molecule has 0 spiro atoms. The van der Waals surface area contributed by atoms with Crippen LogP contribution in [0.15, 0.2) is 53.8 Å². The molecule has 15 heteroatoms. The first-order chi connectivity index (χ1) is 17.0. The van der Waals surface area contributed by atoms with Gasteiger partial charge in [-0.1, -0.05) is 23.7 Å². The van der Waals surface area contributed by atoms with E-state index in [1.807, 2.05) is 0 Å². The number of benzene rings is 2. The Morgan fingerprint density at radius 2 is 1.59 bits per heavy atom. The lowest BCUT2D eigenvalue weighted by Crippen LogP contribution is -2.27. The lowest BCUT2D eigenvalue weighted by Gasteiger charge is -2.21. The highest BCUT2D eigenvalue weighted by Crippen LogP contribution is 2.37. The maximum atomic E-state index is 13.2. The summed E-state index contributed by atoms with van der Waals surface area (Å²) in [6.45, 7) is -0.675. The molecule has 0 saturated carbocycles. The minimum absolute atomic E-state index is 0.00767. The van der Waals surface area contributed by atoms with E-state index in [1.54, 1.807) is 6.07 Å². The molecule has 0 bridgehead atoms. The number of ether oxygens (including phenoxy) is 1. The maximum Gasteiger partial charge on any atom is 0.416 e. The fourth-order valence-corrected chi connectivity index (χ4v) is 3.71. The van der Waals surface area contributed by atoms with E-state index in [1.165, 1.54) is 18.2 Å². The Labute approximate surface area is 211 Å². The van der Waals surface area contributed by atoms with Crippen molar-refractivity contribution in [3.05, 3.63) is 75.9 Å². The summed E-state index contributed by atoms with van der Waals surface area (Å²) in [4.78, 5) is 21.3. The largest absolute Gasteiger partial charge is 0.436 e. The van der Waals surface area contributed by atoms with Crippen molar-refractivity contribution < 1.29 is 44.3 Å². The van der Waals surface area contributed by atoms with Crippen LogP contribution in [0.4, 0.5) is 26.3 Å². The van der Waals surface area contributed by atoms with Gasteiger partial charge in [0.2, 0.25) is 20.9 Å². The molecule has 0 fully saturated rings. The van der Waals surface area contributed by atoms with Crippen LogP contribution < -0.4 is 4.74 Å². The lowest BCUT2D eigenvalue weighted by atomic mass is 10.0. The van der Waals surface area contributed by atoms with Crippen LogP contribution >= 0.6 is 11.6 Å². The summed E-state index contributed by atoms with van der Waals surface area (Å²) in [5, 5.41) is -0.612. The molecule has 0 radical (unpaired) electrons. The number of carbonyl (C=O) groups excluding carboxylic acids is 1. The van der Waals surface area contributed by atoms with Crippen LogP contribution in [0.1, 0.15) is 27.0 Å². The van der Waals surface area contributed by atoms with Crippen LogP contribution in [-0.2, 0) is 28.7 Å². The number of nitrogens with zero attached hydrogens (tertiary/aromatic N) is 3. The van der Waals surface area contributed by atoms with Crippen LogP contribution in [0.25, 0.3) is 0 Å². The molecule has 3 aromatic rings. The average Bonchev–Trinajstić information content (AvgIpc) is 2.78. The quantitative estimate of drug-likeness (QED) is 0.283. The molecule has 37 heavy (non-hydrogen) atoms. The van der Waals surface area contributed by atoms with Crippen molar-refractivity contribution in [2.75, 3.05) is 13.3 Å². The van der Waals surface area contributed by atoms with Gasteiger partial charge in [0.05, 0.1) is 16.1 Å². The van der Waals surface area contributed by atoms with Crippen LogP contribution in [0.5, 0.6) is 11.6 Å². The highest BCUT2D eigenvalue weighted by atomic mass is 35.5. The third-order valence-electron chi connectivity index (χ3n) is 4.75. The normalized spacial score (nSPS) is 12.4. The Kier molecular flexibility index (Phi) is 7.75. The van der Waals surface area contributed by atoms with Crippen LogP contribution in [0, 0.1) is 0 Å². The summed E-state index contributed by atoms with van der Waals surface area (Å²) < 4.78 is 108. The Morgan fingerprint density at radius 1 is 1.03 bits per heavy atom. The molecule has 1 heterocycles. The van der Waals surface area contributed by atoms with Crippen molar-refractivity contribution in [3.63, 3.8) is 0 Å². The van der Waals surface area contributed by atoms with Gasteiger partial charge in [-0.2, -0.15) is 31.3 Å². The van der Waals surface area contributed by atoms with Crippen LogP contribution in [0.2, 0.25) is 5.02 Å². The number of hydrogen-bond donors (Lipinski definition) is 0. The molecule has 0 atom stereocenters. The first kappa shape index (κ1) is 28.2. The fourth-order valence-electron chi connectivity index (χ4n) is 3.05. The van der Waals surface area contributed by atoms with E-state index < -0.39 is 67.9 Å². The third-order valence-corrected chi connectivity index (χ3v) is 5.92. The van der Waals surface area contributed by atoms with E-state index in [0.717, 1.165) is 24.4 Å². The zero-order chi connectivity index (χ0) is 27.8. The van der Waals surface area contributed by atoms with Gasteiger partial charge in [0.1, 0.15) is 11.3 Å². The van der Waals surface area contributed by atoms with Crippen molar-refractivity contribution in [1.29, 1.82) is 0 Å². The van der Waals surface area contributed by atoms with Crippen LogP contribution in [-0.4, -0.2) is 42.5 Å². The molecule has 0 saturated heterocycles. The minimum Gasteiger partial charge on any atom is -0.436 e. The second-order valence-corrected chi connectivity index (χ2v) is 10.1. The van der Waals surface area contributed by atoms with Crippen molar-refractivity contribution >= 4 is 27.3 Å². The molecule has 198 valence electrons. The highest BCUT2D eigenvalue weighted by Gasteiger charge is 2.37. The molecule has 7 nitrogen and oxygen atoms in total. The molecule has 2 aromatic carbocycles. The standard InChI is InChI=1S/C22H16ClF6N3O4S/c1-32(11-12-7-13(21(24,25)26)9-14(8-12)22(27,28)29)19(33)15-10-30-20(37(2,34)35)31-18(15)36-17-6-4-3-5-16(17)23/h3-10H,11H2,1-2H3. The zero-order valence-electron chi connectivity index (χ0n) is 18.9. The number of carbonyl (C=O) groups is 1. The molecule has 1 aromatic heterocycles. The Bertz CT molecular complexity index is 1410. The summed E-state index contributed by atoms with van der Waals surface area (Å²) in [6, 6.07) is 6.88. The van der Waals surface area contributed by atoms with Crippen molar-refractivity contribution in [2.24, 2.45) is 0 Å². The number of para-hydroxylation sites is 1. The topological polar surface area (TPSA) is 89.5 Å². The first-order valence-corrected chi connectivity index (χ1v) is 12.3. The Hall–Kier alpha value is -3.39. The molecule has 0 unspecified atom stereocenters. The molecular weight excluding hydrogens is 552 g/mol. The molecule has 0 N–H and O–H groups in total. The van der Waals surface area contributed by atoms with Gasteiger partial charge in [-0.3, -0.25) is 4.79 Å². The number of halogens is 7. The summed E-state index contributed by atoms with van der Waals surface area (Å²) in [6.07, 6.45) is -8.50. The first-order valence-electron chi connectivity index (χ1n) is 10.00. The van der Waals surface area contributed by atoms with E-state index in [2.05, 4.69) is 9.97 Å². The number of aromatic nitrogens is 2. The number of hydrogen-bond acceptors (Lipinski definition) is 6. The lowest BCUT2D eigenvalue weighted by molar-refractivity contribution is -0.143. The average molecular weight is 568 g/mol. The van der Waals surface area contributed by atoms with Gasteiger partial charge < -0.3 is 9.64 Å². The number of amides is 1. The van der Waals surface area contributed by atoms with E-state index in [9.17, 15) is 39.6 Å². The molecule has 0 aliphatic rings. The Balaban J connectivity index is 2.01. The predicted octanol–water partition coefficient (Wildman–Crippen LogP) is 5.64. The highest BCUT2D eigenvalue weighted by molar-refractivity contribution is 7.90. The SMILES string of the molecule is CN(Cc1cc(C(F)(F)F)cc(C(F)(F)F)c1)C(=O)c1cnc(S(C)(=O)=O)nc1Oc1ccccc1Cl. The summed E-state index contributed by atoms with van der Waals surface area (Å²) in [5.74, 6) is -1.53. The smallest absolute Gasteiger partial charge is 0.416 e. The summed E-state index contributed by atoms with van der Waals surface area (Å²) >= 11 is 6.04. The molecule has 0 aliphatic heterocycles. The van der Waals surface area contributed by atoms with Crippen LogP contribution in [0.3, 0.4) is 0 Å². The molecular formula is C22H16ClF6N3O4S. The van der Waals surface area contributed by atoms with Gasteiger partial charge in [-0.25, -0.2) is 13.4 Å². The van der Waals surface area contributed by atoms with Gasteiger partial charge in [0.25, 0.3) is 5.91 Å². The summed E-state index contributed by atoms with van der Waals surface area (Å²) in [5.41, 5.74) is -3.96. The van der Waals surface area contributed by atoms with Crippen molar-refractivity contribution in [1.82, 2.24) is 14.9 Å². The second kappa shape index (κ2) is 10.2. The minimum atomic E-state index is -5.07. The van der Waals surface area contributed by atoms with Gasteiger partial charge in [0.15, 0.2) is 0 Å². The zero-order valence-corrected chi connectivity index (χ0v) is 20.4. The second-order valence-electron chi connectivity index (χ2n) is 7.75. The number of rotatable bonds is 6. The fraction of sp³-hybridized carbons (Fsp3) is 0.227. The van der Waals surface area contributed by atoms with Crippen molar-refractivity contribution in [2.45, 2.75) is 24.1 Å². The third kappa shape index (κ3) is 6.89. The van der Waals surface area contributed by atoms with E-state index in [4.69, 9.17) is 16.3 Å². The Morgan fingerprint density at radius 3 is 2.11 bits per heavy atom. The van der Waals surface area contributed by atoms with Gasteiger partial charge in [0, 0.05) is 26.0 Å². The molecule has 0 aliphatic carbocycles. The number of sulfone groups is 1. The maximum absolute atomic E-state index is 13.2. The monoisotopic (exact) mass is 567 g/mol. The van der Waals surface area contributed by atoms with E-state index >= 15 is 0 Å². The van der Waals surface area contributed by atoms with Crippen molar-refractivity contribution in [3.8, 4) is 11.6 Å². The van der Waals surface area contributed by atoms with E-state index in [-0.39, 0.29) is 16.8 Å². The molecule has 3 rings (SSSR count). The molecule has 1 amide bonds. The van der Waals surface area contributed by atoms with Gasteiger partial charge >= 0.3 is 12.4 Å². The number of alkyl halides is 6. The van der Waals surface area contributed by atoms with E-state index in [0.29, 0.717) is 12.1 Å².